The summed E-state index contributed by atoms with van der Waals surface area (Å²) in [6, 6.07) is 2.62. The second-order valence-corrected chi connectivity index (χ2v) is 5.00. The number of carbonyl (C=O) groups is 2. The Morgan fingerprint density at radius 2 is 2.05 bits per heavy atom. The van der Waals surface area contributed by atoms with Crippen LogP contribution in [0.1, 0.15) is 25.7 Å². The zero-order valence-corrected chi connectivity index (χ0v) is 11.9. The van der Waals surface area contributed by atoms with Gasteiger partial charge in [-0.25, -0.2) is 18.6 Å². The number of thiazole rings is 1. The summed E-state index contributed by atoms with van der Waals surface area (Å²) in [4.78, 5) is 27.5. The summed E-state index contributed by atoms with van der Waals surface area (Å²) in [7, 11) is 1.23. The van der Waals surface area contributed by atoms with E-state index in [1.165, 1.54) is 7.11 Å². The van der Waals surface area contributed by atoms with Crippen molar-refractivity contribution in [1.82, 2.24) is 4.98 Å². The summed E-state index contributed by atoms with van der Waals surface area (Å²) >= 11 is 0.910. The number of anilines is 1. The van der Waals surface area contributed by atoms with Crippen LogP contribution in [0, 0.1) is 18.6 Å². The van der Waals surface area contributed by atoms with Crippen molar-refractivity contribution in [2.45, 2.75) is 6.92 Å². The number of esters is 1. The zero-order chi connectivity index (χ0) is 15.6. The number of halogens is 2. The van der Waals surface area contributed by atoms with Crippen LogP contribution in [0.15, 0.2) is 18.2 Å². The molecule has 0 spiro atoms. The molecule has 5 nitrogen and oxygen atoms in total. The second kappa shape index (κ2) is 5.96. The fourth-order valence-electron chi connectivity index (χ4n) is 1.57. The van der Waals surface area contributed by atoms with Gasteiger partial charge in [0, 0.05) is 6.07 Å². The van der Waals surface area contributed by atoms with E-state index in [1.54, 1.807) is 6.92 Å². The van der Waals surface area contributed by atoms with Gasteiger partial charge in [-0.15, -0.1) is 0 Å². The van der Waals surface area contributed by atoms with Crippen LogP contribution in [0.25, 0.3) is 0 Å². The van der Waals surface area contributed by atoms with E-state index >= 15 is 0 Å². The Labute approximate surface area is 122 Å². The van der Waals surface area contributed by atoms with E-state index in [2.05, 4.69) is 15.0 Å². The van der Waals surface area contributed by atoms with Crippen molar-refractivity contribution in [3.8, 4) is 0 Å². The van der Waals surface area contributed by atoms with Crippen LogP contribution in [0.2, 0.25) is 0 Å². The number of benzene rings is 1. The van der Waals surface area contributed by atoms with Crippen molar-refractivity contribution in [2.24, 2.45) is 0 Å². The highest BCUT2D eigenvalue weighted by Gasteiger charge is 2.19. The molecule has 8 heteroatoms. The molecular formula is C13H10F2N2O3S. The topological polar surface area (TPSA) is 68.3 Å². The number of hydrogen-bond acceptors (Lipinski definition) is 5. The van der Waals surface area contributed by atoms with Gasteiger partial charge in [-0.3, -0.25) is 10.1 Å². The van der Waals surface area contributed by atoms with E-state index in [1.807, 2.05) is 0 Å². The maximum Gasteiger partial charge on any atom is 0.350 e. The Morgan fingerprint density at radius 3 is 2.67 bits per heavy atom. The third-order valence-electron chi connectivity index (χ3n) is 2.56. The summed E-state index contributed by atoms with van der Waals surface area (Å²) in [5.41, 5.74) is 0.0746. The Morgan fingerprint density at radius 1 is 1.33 bits per heavy atom. The van der Waals surface area contributed by atoms with Gasteiger partial charge in [0.1, 0.15) is 16.5 Å². The van der Waals surface area contributed by atoms with E-state index in [0.717, 1.165) is 23.5 Å². The van der Waals surface area contributed by atoms with Crippen LogP contribution in [0.4, 0.5) is 13.9 Å². The third-order valence-corrected chi connectivity index (χ3v) is 3.62. The van der Waals surface area contributed by atoms with Crippen molar-refractivity contribution in [1.29, 1.82) is 0 Å². The Balaban J connectivity index is 2.22. The minimum absolute atomic E-state index is 0.127. The monoisotopic (exact) mass is 312 g/mol. The summed E-state index contributed by atoms with van der Waals surface area (Å²) in [6.07, 6.45) is 0. The zero-order valence-electron chi connectivity index (χ0n) is 11.1. The number of methoxy groups -OCH3 is 1. The van der Waals surface area contributed by atoms with E-state index in [9.17, 15) is 18.4 Å². The van der Waals surface area contributed by atoms with Crippen LogP contribution >= 0.6 is 11.3 Å². The van der Waals surface area contributed by atoms with Gasteiger partial charge in [0.05, 0.1) is 18.4 Å². The predicted molar refractivity (Wildman–Crippen MR) is 72.5 cm³/mol. The van der Waals surface area contributed by atoms with Gasteiger partial charge < -0.3 is 4.74 Å². The van der Waals surface area contributed by atoms with Gasteiger partial charge >= 0.3 is 5.97 Å². The molecule has 1 heterocycles. The molecule has 0 aliphatic carbocycles. The molecule has 0 fully saturated rings. The molecule has 2 rings (SSSR count). The molecular weight excluding hydrogens is 302 g/mol. The summed E-state index contributed by atoms with van der Waals surface area (Å²) in [5.74, 6) is -3.10. The second-order valence-electron chi connectivity index (χ2n) is 4.00. The lowest BCUT2D eigenvalue weighted by Crippen LogP contribution is -2.13. The van der Waals surface area contributed by atoms with Crippen molar-refractivity contribution >= 4 is 28.3 Å². The van der Waals surface area contributed by atoms with Gasteiger partial charge in [0.2, 0.25) is 0 Å². The standard InChI is InChI=1S/C13H10F2N2O3S/c1-6-10(12(19)20-2)21-13(16-6)17-11(18)8-4-3-7(14)5-9(8)15/h3-5H,1-2H3,(H,16,17,18). The average Bonchev–Trinajstić information content (AvgIpc) is 2.78. The summed E-state index contributed by atoms with van der Waals surface area (Å²) in [6.45, 7) is 1.58. The predicted octanol–water partition coefficient (Wildman–Crippen LogP) is 2.77. The number of aromatic nitrogens is 1. The first-order chi connectivity index (χ1) is 9.92. The number of aryl methyl sites for hydroxylation is 1. The molecule has 2 aromatic rings. The lowest BCUT2D eigenvalue weighted by Gasteiger charge is -2.02. The van der Waals surface area contributed by atoms with Crippen LogP contribution in [0.3, 0.4) is 0 Å². The molecule has 110 valence electrons. The Kier molecular flexibility index (Phi) is 4.27. The molecule has 1 aromatic heterocycles. The highest BCUT2D eigenvalue weighted by molar-refractivity contribution is 7.17. The molecule has 0 saturated carbocycles. The quantitative estimate of drug-likeness (QED) is 0.885. The van der Waals surface area contributed by atoms with E-state index in [4.69, 9.17) is 0 Å². The third kappa shape index (κ3) is 3.22. The van der Waals surface area contributed by atoms with Crippen molar-refractivity contribution in [3.63, 3.8) is 0 Å². The maximum absolute atomic E-state index is 13.5. The molecule has 0 aliphatic rings. The molecule has 0 unspecified atom stereocenters. The SMILES string of the molecule is COC(=O)c1sc(NC(=O)c2ccc(F)cc2F)nc1C. The average molecular weight is 312 g/mol. The Hall–Kier alpha value is -2.35. The van der Waals surface area contributed by atoms with Gasteiger partial charge in [0.15, 0.2) is 5.13 Å². The molecule has 21 heavy (non-hydrogen) atoms. The number of hydrogen-bond donors (Lipinski definition) is 1. The first-order valence-corrected chi connectivity index (χ1v) is 6.56. The molecule has 0 aliphatic heterocycles. The lowest BCUT2D eigenvalue weighted by molar-refractivity contribution is 0.0605. The normalized spacial score (nSPS) is 10.3. The molecule has 1 aromatic carbocycles. The number of nitrogens with one attached hydrogen (secondary N) is 1. The molecule has 0 atom stereocenters. The molecule has 0 bridgehead atoms. The fraction of sp³-hybridized carbons (Fsp3) is 0.154. The molecule has 1 N–H and O–H groups in total. The highest BCUT2D eigenvalue weighted by Crippen LogP contribution is 2.24. The Bertz CT molecular complexity index is 715. The number of nitrogens with zero attached hydrogens (tertiary/aromatic N) is 1. The molecule has 0 saturated heterocycles. The van der Waals surface area contributed by atoms with Gasteiger partial charge in [-0.05, 0) is 19.1 Å². The van der Waals surface area contributed by atoms with E-state index < -0.39 is 23.5 Å². The maximum atomic E-state index is 13.5. The van der Waals surface area contributed by atoms with Crippen LogP contribution < -0.4 is 5.32 Å². The van der Waals surface area contributed by atoms with Crippen molar-refractivity contribution in [3.05, 3.63) is 46.0 Å². The van der Waals surface area contributed by atoms with Gasteiger partial charge in [0.25, 0.3) is 5.91 Å². The van der Waals surface area contributed by atoms with Crippen LogP contribution in [-0.4, -0.2) is 24.0 Å². The van der Waals surface area contributed by atoms with E-state index in [-0.39, 0.29) is 15.6 Å². The number of rotatable bonds is 3. The number of carbonyl (C=O) groups excluding carboxylic acids is 2. The highest BCUT2D eigenvalue weighted by atomic mass is 32.1. The molecule has 1 amide bonds. The minimum atomic E-state index is -0.978. The molecule has 0 radical (unpaired) electrons. The fourth-order valence-corrected chi connectivity index (χ4v) is 2.45. The summed E-state index contributed by atoms with van der Waals surface area (Å²) < 4.78 is 30.8. The van der Waals surface area contributed by atoms with E-state index in [0.29, 0.717) is 11.8 Å². The number of ether oxygens (including phenoxy) is 1. The van der Waals surface area contributed by atoms with Crippen LogP contribution in [-0.2, 0) is 4.74 Å². The first kappa shape index (κ1) is 15.0. The summed E-state index contributed by atoms with van der Waals surface area (Å²) in [5, 5.41) is 2.48. The van der Waals surface area contributed by atoms with Gasteiger partial charge in [-0.2, -0.15) is 0 Å². The number of amides is 1. The van der Waals surface area contributed by atoms with Crippen LogP contribution in [0.5, 0.6) is 0 Å². The van der Waals surface area contributed by atoms with Gasteiger partial charge in [-0.1, -0.05) is 11.3 Å². The van der Waals surface area contributed by atoms with Crippen molar-refractivity contribution in [2.75, 3.05) is 12.4 Å². The largest absolute Gasteiger partial charge is 0.465 e. The lowest BCUT2D eigenvalue weighted by atomic mass is 10.2. The van der Waals surface area contributed by atoms with Crippen molar-refractivity contribution < 1.29 is 23.1 Å². The first-order valence-electron chi connectivity index (χ1n) is 5.74. The minimum Gasteiger partial charge on any atom is -0.465 e. The smallest absolute Gasteiger partial charge is 0.350 e.